The highest BCUT2D eigenvalue weighted by molar-refractivity contribution is 6.23. The Morgan fingerprint density at radius 1 is 1.04 bits per heavy atom. The van der Waals surface area contributed by atoms with Crippen LogP contribution < -0.4 is 10.1 Å². The first kappa shape index (κ1) is 16.8. The van der Waals surface area contributed by atoms with Gasteiger partial charge in [0.15, 0.2) is 0 Å². The van der Waals surface area contributed by atoms with Crippen LogP contribution in [0, 0.1) is 5.92 Å². The van der Waals surface area contributed by atoms with E-state index < -0.39 is 23.8 Å². The molecule has 1 unspecified atom stereocenters. The Morgan fingerprint density at radius 3 is 2.50 bits per heavy atom. The standard InChI is InChI=1S/C19H20N2O5/c22-16-7-6-15(17(23)20-16)21-18(24)13-5-4-12(10-14(13)19(21)25)26-9-8-11-2-1-3-11/h4-5,10-11,15H,1-3,6-9H2,(H,20,22,23). The maximum absolute atomic E-state index is 12.7. The normalized spacial score (nSPS) is 22.9. The zero-order valence-corrected chi connectivity index (χ0v) is 14.3. The molecule has 1 saturated heterocycles. The van der Waals surface area contributed by atoms with Crippen LogP contribution in [0.4, 0.5) is 0 Å². The molecule has 0 spiro atoms. The Labute approximate surface area is 150 Å². The molecule has 4 rings (SSSR count). The summed E-state index contributed by atoms with van der Waals surface area (Å²) < 4.78 is 5.73. The lowest BCUT2D eigenvalue weighted by Crippen LogP contribution is -2.54. The zero-order chi connectivity index (χ0) is 18.3. The largest absolute Gasteiger partial charge is 0.494 e. The monoisotopic (exact) mass is 356 g/mol. The summed E-state index contributed by atoms with van der Waals surface area (Å²) in [6.07, 6.45) is 5.05. The summed E-state index contributed by atoms with van der Waals surface area (Å²) in [4.78, 5) is 49.6. The van der Waals surface area contributed by atoms with E-state index in [0.717, 1.165) is 17.2 Å². The molecule has 0 bridgehead atoms. The van der Waals surface area contributed by atoms with Crippen molar-refractivity contribution in [3.8, 4) is 5.75 Å². The smallest absolute Gasteiger partial charge is 0.262 e. The van der Waals surface area contributed by atoms with Gasteiger partial charge in [-0.1, -0.05) is 19.3 Å². The van der Waals surface area contributed by atoms with Crippen molar-refractivity contribution in [3.05, 3.63) is 29.3 Å². The number of rotatable bonds is 5. The number of piperidine rings is 1. The van der Waals surface area contributed by atoms with Crippen LogP contribution in [0.1, 0.15) is 59.2 Å². The summed E-state index contributed by atoms with van der Waals surface area (Å²) in [5.74, 6) is -0.716. The van der Waals surface area contributed by atoms with Crippen molar-refractivity contribution < 1.29 is 23.9 Å². The summed E-state index contributed by atoms with van der Waals surface area (Å²) in [6.45, 7) is 0.586. The molecule has 0 radical (unpaired) electrons. The fourth-order valence-corrected chi connectivity index (χ4v) is 3.66. The second-order valence-electron chi connectivity index (χ2n) is 7.09. The summed E-state index contributed by atoms with van der Waals surface area (Å²) in [7, 11) is 0. The minimum atomic E-state index is -0.942. The Kier molecular flexibility index (Phi) is 4.22. The molecule has 2 aliphatic heterocycles. The van der Waals surface area contributed by atoms with Gasteiger partial charge in [-0.2, -0.15) is 0 Å². The van der Waals surface area contributed by atoms with Crippen LogP contribution >= 0.6 is 0 Å². The van der Waals surface area contributed by atoms with Crippen molar-refractivity contribution in [2.45, 2.75) is 44.6 Å². The number of nitrogens with zero attached hydrogens (tertiary/aromatic N) is 1. The van der Waals surface area contributed by atoms with Crippen LogP contribution in [0.2, 0.25) is 0 Å². The number of nitrogens with one attached hydrogen (secondary N) is 1. The highest BCUT2D eigenvalue weighted by Crippen LogP contribution is 2.31. The van der Waals surface area contributed by atoms with Gasteiger partial charge in [0.1, 0.15) is 11.8 Å². The first-order valence-corrected chi connectivity index (χ1v) is 9.03. The predicted molar refractivity (Wildman–Crippen MR) is 90.6 cm³/mol. The van der Waals surface area contributed by atoms with Crippen molar-refractivity contribution in [1.82, 2.24) is 10.2 Å². The second kappa shape index (κ2) is 6.55. The molecule has 1 aromatic carbocycles. The molecular formula is C19H20N2O5. The van der Waals surface area contributed by atoms with Gasteiger partial charge in [-0.15, -0.1) is 0 Å². The summed E-state index contributed by atoms with van der Waals surface area (Å²) in [5, 5.41) is 2.19. The number of benzene rings is 1. The number of hydrogen-bond acceptors (Lipinski definition) is 5. The van der Waals surface area contributed by atoms with Crippen LogP contribution in [-0.2, 0) is 9.59 Å². The quantitative estimate of drug-likeness (QED) is 0.810. The van der Waals surface area contributed by atoms with Gasteiger partial charge in [0.25, 0.3) is 11.8 Å². The highest BCUT2D eigenvalue weighted by Gasteiger charge is 2.44. The fraction of sp³-hybridized carbons (Fsp3) is 0.474. The van der Waals surface area contributed by atoms with E-state index in [0.29, 0.717) is 12.4 Å². The molecule has 1 N–H and O–H groups in total. The topological polar surface area (TPSA) is 92.8 Å². The third-order valence-electron chi connectivity index (χ3n) is 5.43. The number of fused-ring (bicyclic) bond motifs is 1. The van der Waals surface area contributed by atoms with Gasteiger partial charge in [0, 0.05) is 6.42 Å². The average Bonchev–Trinajstić information content (AvgIpc) is 2.81. The van der Waals surface area contributed by atoms with E-state index in [1.54, 1.807) is 18.2 Å². The molecule has 1 aliphatic carbocycles. The van der Waals surface area contributed by atoms with Gasteiger partial charge in [-0.05, 0) is 37.0 Å². The number of amides is 4. The molecular weight excluding hydrogens is 336 g/mol. The number of carbonyl (C=O) groups is 4. The number of ether oxygens (including phenoxy) is 1. The first-order chi connectivity index (χ1) is 12.5. The summed E-state index contributed by atoms with van der Waals surface area (Å²) in [6, 6.07) is 3.88. The van der Waals surface area contributed by atoms with Crippen molar-refractivity contribution in [1.29, 1.82) is 0 Å². The van der Waals surface area contributed by atoms with Crippen LogP contribution in [0.3, 0.4) is 0 Å². The summed E-state index contributed by atoms with van der Waals surface area (Å²) >= 11 is 0. The Hall–Kier alpha value is -2.70. The average molecular weight is 356 g/mol. The van der Waals surface area contributed by atoms with Crippen molar-refractivity contribution in [3.63, 3.8) is 0 Å². The third-order valence-corrected chi connectivity index (χ3v) is 5.43. The minimum Gasteiger partial charge on any atom is -0.494 e. The molecule has 136 valence electrons. The SMILES string of the molecule is O=C1CCC(N2C(=O)c3ccc(OCCC4CCC4)cc3C2=O)C(=O)N1. The lowest BCUT2D eigenvalue weighted by atomic mass is 9.83. The Balaban J connectivity index is 1.48. The Morgan fingerprint density at radius 2 is 1.81 bits per heavy atom. The molecule has 1 atom stereocenters. The Bertz CT molecular complexity index is 799. The first-order valence-electron chi connectivity index (χ1n) is 9.03. The lowest BCUT2D eigenvalue weighted by molar-refractivity contribution is -0.136. The van der Waals surface area contributed by atoms with Gasteiger partial charge >= 0.3 is 0 Å². The second-order valence-corrected chi connectivity index (χ2v) is 7.09. The maximum atomic E-state index is 12.7. The predicted octanol–water partition coefficient (Wildman–Crippen LogP) is 1.66. The van der Waals surface area contributed by atoms with Crippen molar-refractivity contribution in [2.24, 2.45) is 5.92 Å². The van der Waals surface area contributed by atoms with Crippen LogP contribution in [0.15, 0.2) is 18.2 Å². The minimum absolute atomic E-state index is 0.110. The molecule has 2 fully saturated rings. The molecule has 0 aromatic heterocycles. The molecule has 2 heterocycles. The van der Waals surface area contributed by atoms with E-state index in [1.165, 1.54) is 19.3 Å². The van der Waals surface area contributed by atoms with Crippen LogP contribution in [0.25, 0.3) is 0 Å². The molecule has 26 heavy (non-hydrogen) atoms. The lowest BCUT2D eigenvalue weighted by Gasteiger charge is -2.27. The van der Waals surface area contributed by atoms with Crippen molar-refractivity contribution in [2.75, 3.05) is 6.61 Å². The highest BCUT2D eigenvalue weighted by atomic mass is 16.5. The van der Waals surface area contributed by atoms with E-state index in [1.807, 2.05) is 0 Å². The van der Waals surface area contributed by atoms with Gasteiger partial charge in [0.2, 0.25) is 11.8 Å². The molecule has 7 nitrogen and oxygen atoms in total. The van der Waals surface area contributed by atoms with Crippen molar-refractivity contribution >= 4 is 23.6 Å². The zero-order valence-electron chi connectivity index (χ0n) is 14.3. The van der Waals surface area contributed by atoms with Crippen LogP contribution in [-0.4, -0.2) is 41.2 Å². The fourth-order valence-electron chi connectivity index (χ4n) is 3.66. The van der Waals surface area contributed by atoms with E-state index in [-0.39, 0.29) is 29.9 Å². The van der Waals surface area contributed by atoms with Gasteiger partial charge in [-0.25, -0.2) is 0 Å². The third kappa shape index (κ3) is 2.87. The number of imide groups is 2. The van der Waals surface area contributed by atoms with E-state index in [9.17, 15) is 19.2 Å². The van der Waals surface area contributed by atoms with Gasteiger partial charge in [0.05, 0.1) is 17.7 Å². The molecule has 4 amide bonds. The van der Waals surface area contributed by atoms with E-state index >= 15 is 0 Å². The van der Waals surface area contributed by atoms with Gasteiger partial charge < -0.3 is 4.74 Å². The molecule has 1 aromatic rings. The number of carbonyl (C=O) groups excluding carboxylic acids is 4. The van der Waals surface area contributed by atoms with E-state index in [4.69, 9.17) is 4.74 Å². The number of hydrogen-bond donors (Lipinski definition) is 1. The summed E-state index contributed by atoms with van der Waals surface area (Å²) in [5.41, 5.74) is 0.520. The molecule has 1 saturated carbocycles. The maximum Gasteiger partial charge on any atom is 0.262 e. The van der Waals surface area contributed by atoms with Gasteiger partial charge in [-0.3, -0.25) is 29.4 Å². The molecule has 7 heteroatoms. The molecule has 3 aliphatic rings. The van der Waals surface area contributed by atoms with E-state index in [2.05, 4.69) is 5.32 Å². The van der Waals surface area contributed by atoms with Crippen LogP contribution in [0.5, 0.6) is 5.75 Å².